The smallest absolute Gasteiger partial charge is 0.153 e. The molecule has 5 heteroatoms. The van der Waals surface area contributed by atoms with Crippen molar-refractivity contribution in [3.05, 3.63) is 29.6 Å². The fraction of sp³-hybridized carbons (Fsp3) is 0.500. The first-order valence-electron chi connectivity index (χ1n) is 6.30. The van der Waals surface area contributed by atoms with Gasteiger partial charge in [-0.2, -0.15) is 0 Å². The van der Waals surface area contributed by atoms with E-state index < -0.39 is 11.6 Å². The maximum absolute atomic E-state index is 13.8. The maximum atomic E-state index is 13.8. The van der Waals surface area contributed by atoms with Crippen LogP contribution in [0.1, 0.15) is 45.3 Å². The summed E-state index contributed by atoms with van der Waals surface area (Å²) in [6.07, 6.45) is 0.799. The summed E-state index contributed by atoms with van der Waals surface area (Å²) in [5, 5.41) is -0.374. The van der Waals surface area contributed by atoms with E-state index in [4.69, 9.17) is 11.6 Å². The van der Waals surface area contributed by atoms with Crippen molar-refractivity contribution in [1.82, 2.24) is 9.55 Å². The number of halogens is 3. The number of hydrogen-bond donors (Lipinski definition) is 0. The number of imidazole rings is 1. The second-order valence-corrected chi connectivity index (χ2v) is 6.00. The Morgan fingerprint density at radius 1 is 1.37 bits per heavy atom. The molecule has 0 bridgehead atoms. The molecule has 19 heavy (non-hydrogen) atoms. The number of hydrogen-bond acceptors (Lipinski definition) is 1. The highest BCUT2D eigenvalue weighted by Crippen LogP contribution is 2.33. The van der Waals surface area contributed by atoms with E-state index in [0.29, 0.717) is 11.3 Å². The second-order valence-electron chi connectivity index (χ2n) is 5.34. The summed E-state index contributed by atoms with van der Waals surface area (Å²) in [5.41, 5.74) is 0.310. The Bertz CT molecular complexity index is 617. The lowest BCUT2D eigenvalue weighted by Crippen LogP contribution is -2.27. The van der Waals surface area contributed by atoms with E-state index in [-0.39, 0.29) is 16.4 Å². The molecule has 0 saturated carbocycles. The SMILES string of the molecule is CCC(C)(C)n1c(C(C)Cl)nc2c(F)cc(F)cc21. The van der Waals surface area contributed by atoms with Gasteiger partial charge in [-0.15, -0.1) is 11.6 Å². The monoisotopic (exact) mass is 286 g/mol. The van der Waals surface area contributed by atoms with Crippen LogP contribution in [0.25, 0.3) is 11.0 Å². The van der Waals surface area contributed by atoms with Gasteiger partial charge in [0, 0.05) is 11.6 Å². The Morgan fingerprint density at radius 3 is 2.53 bits per heavy atom. The van der Waals surface area contributed by atoms with Gasteiger partial charge >= 0.3 is 0 Å². The third-order valence-corrected chi connectivity index (χ3v) is 3.73. The minimum atomic E-state index is -0.654. The number of rotatable bonds is 3. The van der Waals surface area contributed by atoms with Crippen molar-refractivity contribution >= 4 is 22.6 Å². The van der Waals surface area contributed by atoms with Crippen molar-refractivity contribution in [2.45, 2.75) is 45.0 Å². The van der Waals surface area contributed by atoms with Gasteiger partial charge in [0.15, 0.2) is 5.82 Å². The van der Waals surface area contributed by atoms with E-state index in [0.717, 1.165) is 12.5 Å². The minimum absolute atomic E-state index is 0.172. The van der Waals surface area contributed by atoms with Crippen LogP contribution in [-0.2, 0) is 5.54 Å². The van der Waals surface area contributed by atoms with Crippen LogP contribution in [-0.4, -0.2) is 9.55 Å². The Morgan fingerprint density at radius 2 is 2.00 bits per heavy atom. The summed E-state index contributed by atoms with van der Waals surface area (Å²) in [6.45, 7) is 7.79. The van der Waals surface area contributed by atoms with Gasteiger partial charge in [0.2, 0.25) is 0 Å². The molecule has 1 atom stereocenters. The molecule has 0 aliphatic rings. The van der Waals surface area contributed by atoms with Crippen molar-refractivity contribution in [3.63, 3.8) is 0 Å². The lowest BCUT2D eigenvalue weighted by atomic mass is 10.0. The van der Waals surface area contributed by atoms with Crippen molar-refractivity contribution in [2.24, 2.45) is 0 Å². The molecular weight excluding hydrogens is 270 g/mol. The van der Waals surface area contributed by atoms with Gasteiger partial charge in [-0.05, 0) is 33.3 Å². The highest BCUT2D eigenvalue weighted by molar-refractivity contribution is 6.20. The molecule has 1 unspecified atom stereocenters. The first kappa shape index (κ1) is 14.3. The predicted octanol–water partition coefficient (Wildman–Crippen LogP) is 4.76. The van der Waals surface area contributed by atoms with Crippen LogP contribution in [0.2, 0.25) is 0 Å². The van der Waals surface area contributed by atoms with Gasteiger partial charge in [-0.25, -0.2) is 13.8 Å². The predicted molar refractivity (Wildman–Crippen MR) is 73.5 cm³/mol. The topological polar surface area (TPSA) is 17.8 Å². The molecule has 2 aromatic rings. The summed E-state index contributed by atoms with van der Waals surface area (Å²) in [5.74, 6) is -0.695. The molecule has 2 nitrogen and oxygen atoms in total. The van der Waals surface area contributed by atoms with Crippen LogP contribution in [0.3, 0.4) is 0 Å². The molecule has 0 amide bonds. The van der Waals surface area contributed by atoms with Crippen LogP contribution in [0.5, 0.6) is 0 Å². The summed E-state index contributed by atoms with van der Waals surface area (Å²) in [4.78, 5) is 4.26. The second kappa shape index (κ2) is 4.75. The molecule has 1 aromatic heterocycles. The van der Waals surface area contributed by atoms with Crippen molar-refractivity contribution in [3.8, 4) is 0 Å². The first-order valence-corrected chi connectivity index (χ1v) is 6.73. The molecule has 1 aromatic carbocycles. The number of alkyl halides is 1. The molecular formula is C14H17ClF2N2. The molecule has 0 aliphatic carbocycles. The van der Waals surface area contributed by atoms with E-state index in [1.54, 1.807) is 6.92 Å². The lowest BCUT2D eigenvalue weighted by Gasteiger charge is -2.28. The number of benzene rings is 1. The van der Waals surface area contributed by atoms with E-state index in [9.17, 15) is 8.78 Å². The van der Waals surface area contributed by atoms with Crippen LogP contribution in [0.15, 0.2) is 12.1 Å². The van der Waals surface area contributed by atoms with Crippen molar-refractivity contribution < 1.29 is 8.78 Å². The first-order chi connectivity index (χ1) is 8.77. The van der Waals surface area contributed by atoms with E-state index in [2.05, 4.69) is 4.98 Å². The minimum Gasteiger partial charge on any atom is -0.321 e. The van der Waals surface area contributed by atoms with Gasteiger partial charge in [0.1, 0.15) is 17.2 Å². The molecule has 1 heterocycles. The van der Waals surface area contributed by atoms with Gasteiger partial charge in [-0.3, -0.25) is 0 Å². The number of fused-ring (bicyclic) bond motifs is 1. The Hall–Kier alpha value is -1.16. The molecule has 2 rings (SSSR count). The van der Waals surface area contributed by atoms with Crippen LogP contribution in [0.4, 0.5) is 8.78 Å². The highest BCUT2D eigenvalue weighted by atomic mass is 35.5. The fourth-order valence-corrected chi connectivity index (χ4v) is 2.33. The summed E-state index contributed by atoms with van der Waals surface area (Å²) in [6, 6.07) is 2.16. The average molecular weight is 287 g/mol. The zero-order chi connectivity index (χ0) is 14.4. The summed E-state index contributed by atoms with van der Waals surface area (Å²) in [7, 11) is 0. The Labute approximate surface area is 116 Å². The molecule has 104 valence electrons. The standard InChI is InChI=1S/C14H17ClF2N2/c1-5-14(3,4)19-11-7-9(16)6-10(17)12(11)18-13(19)8(2)15/h6-8H,5H2,1-4H3. The fourth-order valence-electron chi connectivity index (χ4n) is 2.18. The molecule has 0 fully saturated rings. The van der Waals surface area contributed by atoms with E-state index >= 15 is 0 Å². The van der Waals surface area contributed by atoms with Gasteiger partial charge in [-0.1, -0.05) is 6.92 Å². The normalized spacial score (nSPS) is 14.1. The Kier molecular flexibility index (Phi) is 3.56. The van der Waals surface area contributed by atoms with Crippen LogP contribution >= 0.6 is 11.6 Å². The molecule has 0 radical (unpaired) electrons. The number of nitrogens with zero attached hydrogens (tertiary/aromatic N) is 2. The van der Waals surface area contributed by atoms with Gasteiger partial charge in [0.05, 0.1) is 10.9 Å². The molecule has 0 saturated heterocycles. The quantitative estimate of drug-likeness (QED) is 0.744. The summed E-state index contributed by atoms with van der Waals surface area (Å²) >= 11 is 6.14. The average Bonchev–Trinajstić information content (AvgIpc) is 2.69. The maximum Gasteiger partial charge on any atom is 0.153 e. The Balaban J connectivity index is 2.88. The van der Waals surface area contributed by atoms with Gasteiger partial charge in [0.25, 0.3) is 0 Å². The number of aromatic nitrogens is 2. The van der Waals surface area contributed by atoms with Gasteiger partial charge < -0.3 is 4.57 Å². The molecule has 0 spiro atoms. The summed E-state index contributed by atoms with van der Waals surface area (Å²) < 4.78 is 29.1. The largest absolute Gasteiger partial charge is 0.321 e. The van der Waals surface area contributed by atoms with E-state index in [1.165, 1.54) is 6.07 Å². The zero-order valence-electron chi connectivity index (χ0n) is 11.5. The van der Waals surface area contributed by atoms with Crippen molar-refractivity contribution in [2.75, 3.05) is 0 Å². The third kappa shape index (κ3) is 2.34. The molecule has 0 aliphatic heterocycles. The van der Waals surface area contributed by atoms with Crippen LogP contribution < -0.4 is 0 Å². The third-order valence-electron chi connectivity index (χ3n) is 3.53. The molecule has 0 N–H and O–H groups in total. The van der Waals surface area contributed by atoms with E-state index in [1.807, 2.05) is 25.3 Å². The van der Waals surface area contributed by atoms with Crippen LogP contribution in [0, 0.1) is 11.6 Å². The van der Waals surface area contributed by atoms with Crippen molar-refractivity contribution in [1.29, 1.82) is 0 Å². The highest BCUT2D eigenvalue weighted by Gasteiger charge is 2.27. The lowest BCUT2D eigenvalue weighted by molar-refractivity contribution is 0.341. The zero-order valence-corrected chi connectivity index (χ0v) is 12.2.